The van der Waals surface area contributed by atoms with E-state index >= 15 is 0 Å². The third-order valence-electron chi connectivity index (χ3n) is 2.65. The van der Waals surface area contributed by atoms with Crippen molar-refractivity contribution in [2.75, 3.05) is 12.3 Å². The predicted molar refractivity (Wildman–Crippen MR) is 72.0 cm³/mol. The molecule has 2 rings (SSSR count). The lowest BCUT2D eigenvalue weighted by Gasteiger charge is -2.08. The third kappa shape index (κ3) is 2.80. The van der Waals surface area contributed by atoms with Crippen LogP contribution in [0.25, 0.3) is 11.1 Å². The zero-order valence-electron chi connectivity index (χ0n) is 10.3. The fourth-order valence-electron chi connectivity index (χ4n) is 1.73. The van der Waals surface area contributed by atoms with Crippen LogP contribution in [0.15, 0.2) is 42.5 Å². The van der Waals surface area contributed by atoms with Gasteiger partial charge >= 0.3 is 0 Å². The highest BCUT2D eigenvalue weighted by molar-refractivity contribution is 5.76. The number of hydrogen-bond acceptors (Lipinski definition) is 2. The van der Waals surface area contributed by atoms with E-state index in [1.165, 1.54) is 12.1 Å². The number of halogens is 1. The molecule has 0 radical (unpaired) electrons. The molecule has 0 unspecified atom stereocenters. The van der Waals surface area contributed by atoms with Gasteiger partial charge in [-0.2, -0.15) is 0 Å². The third-order valence-corrected chi connectivity index (χ3v) is 2.65. The van der Waals surface area contributed by atoms with E-state index in [2.05, 4.69) is 6.92 Å². The van der Waals surface area contributed by atoms with Gasteiger partial charge in [0.15, 0.2) is 0 Å². The van der Waals surface area contributed by atoms with E-state index in [1.54, 1.807) is 6.07 Å². The largest absolute Gasteiger partial charge is 0.494 e. The first-order valence-corrected chi connectivity index (χ1v) is 5.99. The molecule has 0 amide bonds. The standard InChI is InChI=1S/C15H16FNO/c1-2-9-18-13-6-3-11(4-7-13)14-10-12(16)5-8-15(14)17/h3-8,10H,2,9,17H2,1H3. The van der Waals surface area contributed by atoms with E-state index in [1.807, 2.05) is 24.3 Å². The maximum atomic E-state index is 13.2. The number of ether oxygens (including phenoxy) is 1. The van der Waals surface area contributed by atoms with Gasteiger partial charge in [0, 0.05) is 11.3 Å². The quantitative estimate of drug-likeness (QED) is 0.830. The Kier molecular flexibility index (Phi) is 3.82. The fourth-order valence-corrected chi connectivity index (χ4v) is 1.73. The molecule has 0 saturated heterocycles. The molecule has 0 aliphatic carbocycles. The molecular formula is C15H16FNO. The number of nitrogens with two attached hydrogens (primary N) is 1. The first-order valence-electron chi connectivity index (χ1n) is 5.99. The van der Waals surface area contributed by atoms with Crippen LogP contribution >= 0.6 is 0 Å². The van der Waals surface area contributed by atoms with Gasteiger partial charge in [-0.05, 0) is 42.3 Å². The molecule has 0 aliphatic rings. The summed E-state index contributed by atoms with van der Waals surface area (Å²) in [6, 6.07) is 11.9. The zero-order chi connectivity index (χ0) is 13.0. The van der Waals surface area contributed by atoms with E-state index in [4.69, 9.17) is 10.5 Å². The molecule has 0 atom stereocenters. The normalized spacial score (nSPS) is 10.3. The Morgan fingerprint density at radius 2 is 1.83 bits per heavy atom. The molecule has 0 saturated carbocycles. The van der Waals surface area contributed by atoms with Crippen LogP contribution in [0.3, 0.4) is 0 Å². The molecule has 0 spiro atoms. The first-order chi connectivity index (χ1) is 8.70. The maximum absolute atomic E-state index is 13.2. The summed E-state index contributed by atoms with van der Waals surface area (Å²) in [6.07, 6.45) is 0.971. The predicted octanol–water partition coefficient (Wildman–Crippen LogP) is 3.86. The van der Waals surface area contributed by atoms with Crippen molar-refractivity contribution < 1.29 is 9.13 Å². The molecule has 0 aliphatic heterocycles. The van der Waals surface area contributed by atoms with Crippen molar-refractivity contribution in [2.24, 2.45) is 0 Å². The second kappa shape index (κ2) is 5.54. The summed E-state index contributed by atoms with van der Waals surface area (Å²) in [5, 5.41) is 0. The topological polar surface area (TPSA) is 35.2 Å². The Balaban J connectivity index is 2.25. The Hall–Kier alpha value is -2.03. The van der Waals surface area contributed by atoms with E-state index in [0.717, 1.165) is 17.7 Å². The molecule has 2 N–H and O–H groups in total. The van der Waals surface area contributed by atoms with Gasteiger partial charge in [-0.25, -0.2) is 4.39 Å². The van der Waals surface area contributed by atoms with Gasteiger partial charge in [0.2, 0.25) is 0 Å². The van der Waals surface area contributed by atoms with E-state index < -0.39 is 0 Å². The molecule has 0 aromatic heterocycles. The van der Waals surface area contributed by atoms with Crippen molar-refractivity contribution in [1.82, 2.24) is 0 Å². The SMILES string of the molecule is CCCOc1ccc(-c2cc(F)ccc2N)cc1. The minimum atomic E-state index is -0.287. The monoisotopic (exact) mass is 245 g/mol. The molecule has 0 fully saturated rings. The summed E-state index contributed by atoms with van der Waals surface area (Å²) in [6.45, 7) is 2.75. The van der Waals surface area contributed by atoms with Gasteiger partial charge in [0.25, 0.3) is 0 Å². The second-order valence-electron chi connectivity index (χ2n) is 4.10. The Bertz CT molecular complexity index is 523. The molecular weight excluding hydrogens is 229 g/mol. The molecule has 94 valence electrons. The van der Waals surface area contributed by atoms with Gasteiger partial charge in [0.1, 0.15) is 11.6 Å². The maximum Gasteiger partial charge on any atom is 0.123 e. The van der Waals surface area contributed by atoms with Crippen molar-refractivity contribution >= 4 is 5.69 Å². The van der Waals surface area contributed by atoms with Crippen molar-refractivity contribution in [2.45, 2.75) is 13.3 Å². The number of rotatable bonds is 4. The lowest BCUT2D eigenvalue weighted by atomic mass is 10.0. The van der Waals surface area contributed by atoms with Crippen LogP contribution in [0, 0.1) is 5.82 Å². The summed E-state index contributed by atoms with van der Waals surface area (Å²) < 4.78 is 18.7. The van der Waals surface area contributed by atoms with Gasteiger partial charge in [-0.1, -0.05) is 19.1 Å². The van der Waals surface area contributed by atoms with Gasteiger partial charge in [-0.15, -0.1) is 0 Å². The van der Waals surface area contributed by atoms with Crippen LogP contribution in [0.5, 0.6) is 5.75 Å². The van der Waals surface area contributed by atoms with Crippen molar-refractivity contribution in [3.63, 3.8) is 0 Å². The Morgan fingerprint density at radius 3 is 2.50 bits per heavy atom. The highest BCUT2D eigenvalue weighted by Gasteiger charge is 2.04. The van der Waals surface area contributed by atoms with Crippen molar-refractivity contribution in [1.29, 1.82) is 0 Å². The van der Waals surface area contributed by atoms with Crippen molar-refractivity contribution in [3.05, 3.63) is 48.3 Å². The smallest absolute Gasteiger partial charge is 0.123 e. The van der Waals surface area contributed by atoms with Crippen LogP contribution in [0.4, 0.5) is 10.1 Å². The van der Waals surface area contributed by atoms with Crippen LogP contribution in [0.2, 0.25) is 0 Å². The summed E-state index contributed by atoms with van der Waals surface area (Å²) in [5.74, 6) is 0.529. The van der Waals surface area contributed by atoms with E-state index in [9.17, 15) is 4.39 Å². The summed E-state index contributed by atoms with van der Waals surface area (Å²) >= 11 is 0. The zero-order valence-corrected chi connectivity index (χ0v) is 10.3. The van der Waals surface area contributed by atoms with E-state index in [0.29, 0.717) is 17.9 Å². The average molecular weight is 245 g/mol. The second-order valence-corrected chi connectivity index (χ2v) is 4.10. The van der Waals surface area contributed by atoms with Gasteiger partial charge < -0.3 is 10.5 Å². The fraction of sp³-hybridized carbons (Fsp3) is 0.200. The molecule has 2 aromatic carbocycles. The minimum absolute atomic E-state index is 0.287. The summed E-state index contributed by atoms with van der Waals surface area (Å²) in [7, 11) is 0. The number of nitrogen functional groups attached to an aromatic ring is 1. The molecule has 2 aromatic rings. The summed E-state index contributed by atoms with van der Waals surface area (Å²) in [5.41, 5.74) is 8.00. The summed E-state index contributed by atoms with van der Waals surface area (Å²) in [4.78, 5) is 0. The van der Waals surface area contributed by atoms with Crippen molar-refractivity contribution in [3.8, 4) is 16.9 Å². The molecule has 0 bridgehead atoms. The molecule has 3 heteroatoms. The lowest BCUT2D eigenvalue weighted by molar-refractivity contribution is 0.317. The number of benzene rings is 2. The highest BCUT2D eigenvalue weighted by Crippen LogP contribution is 2.28. The number of anilines is 1. The first kappa shape index (κ1) is 12.4. The van der Waals surface area contributed by atoms with Crippen LogP contribution in [-0.4, -0.2) is 6.61 Å². The number of hydrogen-bond donors (Lipinski definition) is 1. The molecule has 0 heterocycles. The minimum Gasteiger partial charge on any atom is -0.494 e. The van der Waals surface area contributed by atoms with Crippen LogP contribution in [0.1, 0.15) is 13.3 Å². The Morgan fingerprint density at radius 1 is 1.11 bits per heavy atom. The lowest BCUT2D eigenvalue weighted by Crippen LogP contribution is -1.95. The molecule has 2 nitrogen and oxygen atoms in total. The highest BCUT2D eigenvalue weighted by atomic mass is 19.1. The van der Waals surface area contributed by atoms with Gasteiger partial charge in [-0.3, -0.25) is 0 Å². The molecule has 18 heavy (non-hydrogen) atoms. The average Bonchev–Trinajstić information content (AvgIpc) is 2.40. The Labute approximate surface area is 106 Å². The van der Waals surface area contributed by atoms with Gasteiger partial charge in [0.05, 0.1) is 6.61 Å². The van der Waals surface area contributed by atoms with E-state index in [-0.39, 0.29) is 5.82 Å². The van der Waals surface area contributed by atoms with Crippen LogP contribution < -0.4 is 10.5 Å². The van der Waals surface area contributed by atoms with Crippen LogP contribution in [-0.2, 0) is 0 Å².